The molecule has 0 spiro atoms. The van der Waals surface area contributed by atoms with Crippen LogP contribution in [0.1, 0.15) is 28.3 Å². The molecule has 4 heteroatoms. The van der Waals surface area contributed by atoms with E-state index < -0.39 is 11.6 Å². The number of halogens is 3. The average Bonchev–Trinajstić information content (AvgIpc) is 2.43. The van der Waals surface area contributed by atoms with Crippen LogP contribution in [-0.2, 0) is 0 Å². The second-order valence-electron chi connectivity index (χ2n) is 4.83. The quantitative estimate of drug-likeness (QED) is 0.857. The molecule has 2 aromatic rings. The maximum atomic E-state index is 14.1. The third kappa shape index (κ3) is 2.76. The molecule has 0 aromatic heterocycles. The van der Waals surface area contributed by atoms with Crippen LogP contribution in [0.25, 0.3) is 0 Å². The standard InChI is InChI=1S/C16H16BrF2N/c1-9-4-6-12(15(19)14(9)18)16(20-3)11-5-7-13(17)10(2)8-11/h4-8,16,20H,1-3H3. The van der Waals surface area contributed by atoms with Gasteiger partial charge in [-0.2, -0.15) is 0 Å². The van der Waals surface area contributed by atoms with E-state index in [1.807, 2.05) is 25.1 Å². The minimum atomic E-state index is -0.787. The smallest absolute Gasteiger partial charge is 0.164 e. The van der Waals surface area contributed by atoms with Crippen LogP contribution in [0.15, 0.2) is 34.8 Å². The molecule has 20 heavy (non-hydrogen) atoms. The third-order valence-corrected chi connectivity index (χ3v) is 4.31. The fourth-order valence-electron chi connectivity index (χ4n) is 2.23. The van der Waals surface area contributed by atoms with Crippen molar-refractivity contribution >= 4 is 15.9 Å². The zero-order valence-electron chi connectivity index (χ0n) is 11.6. The molecule has 106 valence electrons. The van der Waals surface area contributed by atoms with E-state index in [1.165, 1.54) is 0 Å². The molecule has 0 aliphatic carbocycles. The number of nitrogens with one attached hydrogen (secondary N) is 1. The van der Waals surface area contributed by atoms with Gasteiger partial charge in [0.15, 0.2) is 11.6 Å². The Morgan fingerprint density at radius 1 is 1.00 bits per heavy atom. The summed E-state index contributed by atoms with van der Waals surface area (Å²) >= 11 is 3.44. The lowest BCUT2D eigenvalue weighted by Gasteiger charge is -2.19. The Bertz CT molecular complexity index is 641. The molecule has 0 aliphatic heterocycles. The monoisotopic (exact) mass is 339 g/mol. The second kappa shape index (κ2) is 6.02. The molecule has 0 heterocycles. The fourth-order valence-corrected chi connectivity index (χ4v) is 2.48. The number of hydrogen-bond donors (Lipinski definition) is 1. The van der Waals surface area contributed by atoms with Gasteiger partial charge in [0.05, 0.1) is 6.04 Å². The minimum Gasteiger partial charge on any atom is -0.309 e. The van der Waals surface area contributed by atoms with Gasteiger partial charge in [-0.3, -0.25) is 0 Å². The summed E-state index contributed by atoms with van der Waals surface area (Å²) in [5.41, 5.74) is 2.58. The summed E-state index contributed by atoms with van der Waals surface area (Å²) in [6.07, 6.45) is 0. The Labute approximate surface area is 126 Å². The van der Waals surface area contributed by atoms with Crippen LogP contribution >= 0.6 is 15.9 Å². The molecular formula is C16H16BrF2N. The van der Waals surface area contributed by atoms with E-state index in [4.69, 9.17) is 0 Å². The van der Waals surface area contributed by atoms with Gasteiger partial charge >= 0.3 is 0 Å². The van der Waals surface area contributed by atoms with E-state index >= 15 is 0 Å². The van der Waals surface area contributed by atoms with E-state index in [1.54, 1.807) is 26.1 Å². The molecular weight excluding hydrogens is 324 g/mol. The topological polar surface area (TPSA) is 12.0 Å². The van der Waals surface area contributed by atoms with Crippen molar-refractivity contribution in [2.24, 2.45) is 0 Å². The summed E-state index contributed by atoms with van der Waals surface area (Å²) in [6, 6.07) is 8.63. The lowest BCUT2D eigenvalue weighted by Crippen LogP contribution is -2.20. The highest BCUT2D eigenvalue weighted by atomic mass is 79.9. The summed E-state index contributed by atoms with van der Waals surface area (Å²) < 4.78 is 28.9. The predicted octanol–water partition coefficient (Wildman–Crippen LogP) is 4.65. The van der Waals surface area contributed by atoms with Crippen molar-refractivity contribution in [3.05, 3.63) is 68.7 Å². The Morgan fingerprint density at radius 2 is 1.70 bits per heavy atom. The molecule has 0 amide bonds. The first kappa shape index (κ1) is 15.1. The summed E-state index contributed by atoms with van der Waals surface area (Å²) in [4.78, 5) is 0. The van der Waals surface area contributed by atoms with Crippen molar-refractivity contribution in [3.8, 4) is 0 Å². The third-order valence-electron chi connectivity index (χ3n) is 3.42. The molecule has 0 aliphatic rings. The Morgan fingerprint density at radius 3 is 2.30 bits per heavy atom. The molecule has 0 radical (unpaired) electrons. The Balaban J connectivity index is 2.52. The van der Waals surface area contributed by atoms with Crippen molar-refractivity contribution in [1.82, 2.24) is 5.32 Å². The highest BCUT2D eigenvalue weighted by Crippen LogP contribution is 2.29. The lowest BCUT2D eigenvalue weighted by molar-refractivity contribution is 0.482. The summed E-state index contributed by atoms with van der Waals surface area (Å²) in [5.74, 6) is -1.57. The molecule has 0 bridgehead atoms. The highest BCUT2D eigenvalue weighted by molar-refractivity contribution is 9.10. The SMILES string of the molecule is CNC(c1ccc(Br)c(C)c1)c1ccc(C)c(F)c1F. The van der Waals surface area contributed by atoms with Gasteiger partial charge in [0.2, 0.25) is 0 Å². The molecule has 1 unspecified atom stereocenters. The number of benzene rings is 2. The van der Waals surface area contributed by atoms with Crippen molar-refractivity contribution in [2.45, 2.75) is 19.9 Å². The fraction of sp³-hybridized carbons (Fsp3) is 0.250. The maximum Gasteiger partial charge on any atom is 0.164 e. The van der Waals surface area contributed by atoms with Gasteiger partial charge in [-0.15, -0.1) is 0 Å². The molecule has 0 saturated heterocycles. The molecule has 1 N–H and O–H groups in total. The molecule has 2 aromatic carbocycles. The van der Waals surface area contributed by atoms with Crippen LogP contribution in [0, 0.1) is 25.5 Å². The van der Waals surface area contributed by atoms with Gasteiger partial charge in [0.1, 0.15) is 0 Å². The largest absolute Gasteiger partial charge is 0.309 e. The molecule has 1 nitrogen and oxygen atoms in total. The van der Waals surface area contributed by atoms with Gasteiger partial charge in [-0.05, 0) is 43.7 Å². The van der Waals surface area contributed by atoms with Crippen molar-refractivity contribution in [1.29, 1.82) is 0 Å². The van der Waals surface area contributed by atoms with Crippen molar-refractivity contribution in [3.63, 3.8) is 0 Å². The summed E-state index contributed by atoms with van der Waals surface area (Å²) in [5, 5.41) is 3.05. The van der Waals surface area contributed by atoms with E-state index in [-0.39, 0.29) is 6.04 Å². The van der Waals surface area contributed by atoms with Gasteiger partial charge in [0.25, 0.3) is 0 Å². The maximum absolute atomic E-state index is 14.1. The number of aryl methyl sites for hydroxylation is 2. The van der Waals surface area contributed by atoms with Crippen LogP contribution in [-0.4, -0.2) is 7.05 Å². The summed E-state index contributed by atoms with van der Waals surface area (Å²) in [6.45, 7) is 3.52. The van der Waals surface area contributed by atoms with Crippen LogP contribution in [0.4, 0.5) is 8.78 Å². The first-order valence-corrected chi connectivity index (χ1v) is 7.12. The van der Waals surface area contributed by atoms with E-state index in [0.29, 0.717) is 11.1 Å². The van der Waals surface area contributed by atoms with Gasteiger partial charge < -0.3 is 5.32 Å². The van der Waals surface area contributed by atoms with Crippen LogP contribution < -0.4 is 5.32 Å². The molecule has 0 saturated carbocycles. The van der Waals surface area contributed by atoms with Gasteiger partial charge in [-0.25, -0.2) is 8.78 Å². The first-order valence-electron chi connectivity index (χ1n) is 6.33. The normalized spacial score (nSPS) is 12.5. The zero-order valence-corrected chi connectivity index (χ0v) is 13.2. The van der Waals surface area contributed by atoms with E-state index in [2.05, 4.69) is 21.2 Å². The van der Waals surface area contributed by atoms with Gasteiger partial charge in [-0.1, -0.05) is 40.2 Å². The van der Waals surface area contributed by atoms with E-state index in [0.717, 1.165) is 15.6 Å². The van der Waals surface area contributed by atoms with Crippen LogP contribution in [0.2, 0.25) is 0 Å². The minimum absolute atomic E-state index is 0.313. The van der Waals surface area contributed by atoms with Crippen LogP contribution in [0.3, 0.4) is 0 Å². The zero-order chi connectivity index (χ0) is 14.9. The molecule has 1 atom stereocenters. The highest BCUT2D eigenvalue weighted by Gasteiger charge is 2.20. The van der Waals surface area contributed by atoms with Crippen molar-refractivity contribution in [2.75, 3.05) is 7.05 Å². The van der Waals surface area contributed by atoms with E-state index in [9.17, 15) is 8.78 Å². The number of hydrogen-bond acceptors (Lipinski definition) is 1. The Hall–Kier alpha value is -1.26. The van der Waals surface area contributed by atoms with Crippen molar-refractivity contribution < 1.29 is 8.78 Å². The molecule has 2 rings (SSSR count). The Kier molecular flexibility index (Phi) is 4.55. The molecule has 0 fully saturated rings. The first-order chi connectivity index (χ1) is 9.45. The second-order valence-corrected chi connectivity index (χ2v) is 5.68. The van der Waals surface area contributed by atoms with Crippen LogP contribution in [0.5, 0.6) is 0 Å². The average molecular weight is 340 g/mol. The lowest BCUT2D eigenvalue weighted by atomic mass is 9.96. The summed E-state index contributed by atoms with van der Waals surface area (Å²) in [7, 11) is 1.74. The predicted molar refractivity (Wildman–Crippen MR) is 80.9 cm³/mol. The van der Waals surface area contributed by atoms with Gasteiger partial charge in [0, 0.05) is 10.0 Å². The number of rotatable bonds is 3.